The van der Waals surface area contributed by atoms with Crippen molar-refractivity contribution in [2.24, 2.45) is 5.73 Å². The SMILES string of the molecule is CC1(C(=O)Nc2ccc(F)c(C#CCN)c2)CCCS1. The van der Waals surface area contributed by atoms with Crippen LogP contribution in [0.15, 0.2) is 18.2 Å². The third kappa shape index (κ3) is 3.33. The van der Waals surface area contributed by atoms with E-state index in [2.05, 4.69) is 17.2 Å². The van der Waals surface area contributed by atoms with E-state index in [1.54, 1.807) is 23.9 Å². The van der Waals surface area contributed by atoms with E-state index in [1.165, 1.54) is 6.07 Å². The van der Waals surface area contributed by atoms with Crippen molar-refractivity contribution in [3.8, 4) is 11.8 Å². The first kappa shape index (κ1) is 14.9. The summed E-state index contributed by atoms with van der Waals surface area (Å²) < 4.78 is 13.2. The average molecular weight is 292 g/mol. The summed E-state index contributed by atoms with van der Waals surface area (Å²) in [5.74, 6) is 5.82. The van der Waals surface area contributed by atoms with Crippen LogP contribution in [0.3, 0.4) is 0 Å². The fourth-order valence-corrected chi connectivity index (χ4v) is 3.28. The lowest BCUT2D eigenvalue weighted by Crippen LogP contribution is -2.34. The molecule has 1 aromatic carbocycles. The number of halogens is 1. The van der Waals surface area contributed by atoms with E-state index in [0.717, 1.165) is 18.6 Å². The van der Waals surface area contributed by atoms with Crippen LogP contribution in [0, 0.1) is 17.7 Å². The Labute approximate surface area is 122 Å². The molecule has 0 aliphatic carbocycles. The predicted octanol–water partition coefficient (Wildman–Crippen LogP) is 2.36. The Morgan fingerprint density at radius 3 is 3.05 bits per heavy atom. The molecule has 2 rings (SSSR count). The first-order valence-electron chi connectivity index (χ1n) is 6.49. The summed E-state index contributed by atoms with van der Waals surface area (Å²) >= 11 is 1.66. The van der Waals surface area contributed by atoms with Crippen molar-refractivity contribution in [3.63, 3.8) is 0 Å². The molecule has 1 aromatic rings. The summed E-state index contributed by atoms with van der Waals surface area (Å²) in [6, 6.07) is 4.39. The van der Waals surface area contributed by atoms with Gasteiger partial charge in [0.25, 0.3) is 0 Å². The molecule has 1 aliphatic rings. The highest BCUT2D eigenvalue weighted by atomic mass is 32.2. The van der Waals surface area contributed by atoms with Gasteiger partial charge in [0.2, 0.25) is 5.91 Å². The summed E-state index contributed by atoms with van der Waals surface area (Å²) in [5, 5.41) is 2.84. The first-order valence-corrected chi connectivity index (χ1v) is 7.47. The topological polar surface area (TPSA) is 55.1 Å². The molecule has 1 aliphatic heterocycles. The lowest BCUT2D eigenvalue weighted by atomic mass is 10.0. The largest absolute Gasteiger partial charge is 0.325 e. The molecular weight excluding hydrogens is 275 g/mol. The minimum absolute atomic E-state index is 0.0376. The van der Waals surface area contributed by atoms with Gasteiger partial charge in [-0.25, -0.2) is 4.39 Å². The van der Waals surface area contributed by atoms with Crippen LogP contribution in [0.25, 0.3) is 0 Å². The number of anilines is 1. The first-order chi connectivity index (χ1) is 9.55. The molecule has 0 aromatic heterocycles. The molecule has 1 atom stereocenters. The van der Waals surface area contributed by atoms with E-state index in [0.29, 0.717) is 5.69 Å². The molecule has 5 heteroatoms. The van der Waals surface area contributed by atoms with Gasteiger partial charge in [-0.3, -0.25) is 4.79 Å². The molecule has 0 radical (unpaired) electrons. The number of hydrogen-bond donors (Lipinski definition) is 2. The third-order valence-corrected chi connectivity index (χ3v) is 4.77. The van der Waals surface area contributed by atoms with Gasteiger partial charge in [0.1, 0.15) is 5.82 Å². The Kier molecular flexibility index (Phi) is 4.69. The second kappa shape index (κ2) is 6.29. The molecule has 1 unspecified atom stereocenters. The highest BCUT2D eigenvalue weighted by Gasteiger charge is 2.37. The quantitative estimate of drug-likeness (QED) is 0.823. The van der Waals surface area contributed by atoms with Crippen molar-refractivity contribution in [2.45, 2.75) is 24.5 Å². The zero-order chi connectivity index (χ0) is 14.6. The number of carbonyl (C=O) groups excluding carboxylic acids is 1. The molecular formula is C15H17FN2OS. The van der Waals surface area contributed by atoms with Crippen LogP contribution in [-0.4, -0.2) is 23.0 Å². The summed E-state index contributed by atoms with van der Waals surface area (Å²) in [7, 11) is 0. The molecule has 106 valence electrons. The molecule has 0 spiro atoms. The molecule has 20 heavy (non-hydrogen) atoms. The molecule has 0 bridgehead atoms. The average Bonchev–Trinajstić information content (AvgIpc) is 2.87. The van der Waals surface area contributed by atoms with Gasteiger partial charge >= 0.3 is 0 Å². The maximum atomic E-state index is 13.5. The van der Waals surface area contributed by atoms with Gasteiger partial charge in [-0.05, 0) is 43.7 Å². The summed E-state index contributed by atoms with van der Waals surface area (Å²) in [6.07, 6.45) is 1.91. The van der Waals surface area contributed by atoms with Gasteiger partial charge < -0.3 is 11.1 Å². The number of amides is 1. The van der Waals surface area contributed by atoms with Crippen LogP contribution < -0.4 is 11.1 Å². The highest BCUT2D eigenvalue weighted by molar-refractivity contribution is 8.01. The van der Waals surface area contributed by atoms with Gasteiger partial charge in [0.05, 0.1) is 16.9 Å². The lowest BCUT2D eigenvalue weighted by molar-refractivity contribution is -0.118. The van der Waals surface area contributed by atoms with Crippen molar-refractivity contribution >= 4 is 23.4 Å². The lowest BCUT2D eigenvalue weighted by Gasteiger charge is -2.21. The van der Waals surface area contributed by atoms with Crippen LogP contribution in [-0.2, 0) is 4.79 Å². The number of hydrogen-bond acceptors (Lipinski definition) is 3. The van der Waals surface area contributed by atoms with E-state index in [-0.39, 0.29) is 18.0 Å². The van der Waals surface area contributed by atoms with E-state index < -0.39 is 10.6 Å². The molecule has 1 amide bonds. The van der Waals surface area contributed by atoms with Crippen LogP contribution in [0.2, 0.25) is 0 Å². The Morgan fingerprint density at radius 2 is 2.40 bits per heavy atom. The highest BCUT2D eigenvalue weighted by Crippen LogP contribution is 2.38. The third-order valence-electron chi connectivity index (χ3n) is 3.25. The van der Waals surface area contributed by atoms with Crippen molar-refractivity contribution in [1.29, 1.82) is 0 Å². The predicted molar refractivity (Wildman–Crippen MR) is 81.1 cm³/mol. The molecule has 0 saturated carbocycles. The summed E-state index contributed by atoms with van der Waals surface area (Å²) in [6.45, 7) is 2.11. The second-order valence-corrected chi connectivity index (χ2v) is 6.44. The summed E-state index contributed by atoms with van der Waals surface area (Å²) in [5.41, 5.74) is 6.09. The van der Waals surface area contributed by atoms with Gasteiger partial charge in [0.15, 0.2) is 0 Å². The minimum Gasteiger partial charge on any atom is -0.325 e. The molecule has 3 N–H and O–H groups in total. The number of nitrogens with two attached hydrogens (primary N) is 1. The van der Waals surface area contributed by atoms with E-state index in [1.807, 2.05) is 6.92 Å². The van der Waals surface area contributed by atoms with Crippen molar-refractivity contribution in [2.75, 3.05) is 17.6 Å². The van der Waals surface area contributed by atoms with Crippen LogP contribution in [0.4, 0.5) is 10.1 Å². The fraction of sp³-hybridized carbons (Fsp3) is 0.400. The number of rotatable bonds is 2. The van der Waals surface area contributed by atoms with E-state index in [4.69, 9.17) is 5.73 Å². The Bertz CT molecular complexity index is 571. The summed E-state index contributed by atoms with van der Waals surface area (Å²) in [4.78, 5) is 12.3. The van der Waals surface area contributed by atoms with Gasteiger partial charge in [-0.2, -0.15) is 0 Å². The zero-order valence-corrected chi connectivity index (χ0v) is 12.1. The molecule has 1 fully saturated rings. The van der Waals surface area contributed by atoms with Crippen molar-refractivity contribution in [1.82, 2.24) is 0 Å². The van der Waals surface area contributed by atoms with Crippen molar-refractivity contribution < 1.29 is 9.18 Å². The van der Waals surface area contributed by atoms with Gasteiger partial charge in [-0.1, -0.05) is 11.8 Å². The van der Waals surface area contributed by atoms with Crippen LogP contribution in [0.5, 0.6) is 0 Å². The van der Waals surface area contributed by atoms with Gasteiger partial charge in [0, 0.05) is 5.69 Å². The smallest absolute Gasteiger partial charge is 0.240 e. The van der Waals surface area contributed by atoms with Gasteiger partial charge in [-0.15, -0.1) is 11.8 Å². The Morgan fingerprint density at radius 1 is 1.60 bits per heavy atom. The van der Waals surface area contributed by atoms with Crippen molar-refractivity contribution in [3.05, 3.63) is 29.6 Å². The monoisotopic (exact) mass is 292 g/mol. The second-order valence-electron chi connectivity index (χ2n) is 4.84. The molecule has 1 heterocycles. The fourth-order valence-electron chi connectivity index (χ4n) is 2.07. The van der Waals surface area contributed by atoms with Crippen LogP contribution >= 0.6 is 11.8 Å². The minimum atomic E-state index is -0.412. The van der Waals surface area contributed by atoms with E-state index in [9.17, 15) is 9.18 Å². The normalized spacial score (nSPS) is 21.1. The molecule has 3 nitrogen and oxygen atoms in total. The Balaban J connectivity index is 2.15. The maximum absolute atomic E-state index is 13.5. The Hall–Kier alpha value is -1.51. The number of thioether (sulfide) groups is 1. The standard InChI is InChI=1S/C15H17FN2OS/c1-15(7-3-9-20-15)14(19)18-12-5-6-13(16)11(10-12)4-2-8-17/h5-6,10H,3,7-9,17H2,1H3,(H,18,19). The number of benzene rings is 1. The van der Waals surface area contributed by atoms with E-state index >= 15 is 0 Å². The maximum Gasteiger partial charge on any atom is 0.240 e. The zero-order valence-electron chi connectivity index (χ0n) is 11.3. The number of nitrogens with one attached hydrogen (secondary N) is 1. The number of carbonyl (C=O) groups is 1. The van der Waals surface area contributed by atoms with Crippen LogP contribution in [0.1, 0.15) is 25.3 Å². The molecule has 1 saturated heterocycles.